The van der Waals surface area contributed by atoms with E-state index in [2.05, 4.69) is 4.98 Å². The number of hydrogen-bond donors (Lipinski definition) is 3. The van der Waals surface area contributed by atoms with Gasteiger partial charge in [0.05, 0.1) is 29.9 Å². The first-order valence-corrected chi connectivity index (χ1v) is 8.49. The molecule has 6 heteroatoms. The molecule has 0 radical (unpaired) electrons. The average molecular weight is 367 g/mol. The highest BCUT2D eigenvalue weighted by molar-refractivity contribution is 5.87. The highest BCUT2D eigenvalue weighted by atomic mass is 19.1. The number of aromatic nitrogens is 1. The molecular weight excluding hydrogens is 348 g/mol. The minimum atomic E-state index is -0.906. The van der Waals surface area contributed by atoms with Gasteiger partial charge in [0, 0.05) is 10.9 Å². The number of nitrogens with one attached hydrogen (secondary N) is 1. The highest BCUT2D eigenvalue weighted by Crippen LogP contribution is 2.33. The van der Waals surface area contributed by atoms with Crippen LogP contribution < -0.4 is 11.5 Å². The van der Waals surface area contributed by atoms with Crippen molar-refractivity contribution in [1.29, 1.82) is 0 Å². The molecule has 1 aliphatic carbocycles. The number of allylic oxidation sites excluding steroid dienone is 1. The first-order chi connectivity index (χ1) is 12.9. The molecule has 0 fully saturated rings. The fourth-order valence-corrected chi connectivity index (χ4v) is 3.42. The fourth-order valence-electron chi connectivity index (χ4n) is 3.42. The molecule has 3 aromatic rings. The first-order valence-electron chi connectivity index (χ1n) is 8.49. The Bertz CT molecular complexity index is 1070. The van der Waals surface area contributed by atoms with Crippen LogP contribution in [0.5, 0.6) is 0 Å². The molecule has 0 saturated carbocycles. The molecule has 0 saturated heterocycles. The lowest BCUT2D eigenvalue weighted by Crippen LogP contribution is -2.51. The molecule has 0 amide bonds. The Morgan fingerprint density at radius 1 is 1.11 bits per heavy atom. The van der Waals surface area contributed by atoms with Gasteiger partial charge in [0.25, 0.3) is 0 Å². The van der Waals surface area contributed by atoms with Crippen molar-refractivity contribution in [2.75, 3.05) is 7.11 Å². The minimum absolute atomic E-state index is 0.0837. The maximum atomic E-state index is 14.1. The fraction of sp³-hybridized carbons (Fsp3) is 0.143. The van der Waals surface area contributed by atoms with Gasteiger partial charge < -0.3 is 21.2 Å². The Morgan fingerprint density at radius 2 is 1.85 bits per heavy atom. The summed E-state index contributed by atoms with van der Waals surface area (Å²) in [6.45, 7) is 0. The van der Waals surface area contributed by atoms with E-state index in [0.717, 1.165) is 16.5 Å². The van der Waals surface area contributed by atoms with Gasteiger partial charge in [0.1, 0.15) is 17.4 Å². The second-order valence-corrected chi connectivity index (χ2v) is 6.65. The van der Waals surface area contributed by atoms with Crippen molar-refractivity contribution in [2.45, 2.75) is 11.6 Å². The summed E-state index contributed by atoms with van der Waals surface area (Å²) in [5, 5.41) is 0.789. The molecule has 0 bridgehead atoms. The Morgan fingerprint density at radius 3 is 2.52 bits per heavy atom. The SMILES string of the molecule is COC1=CC(N)C(N)(c2ccc3[nH]c(-c4c(F)cccc4F)cc3c2)C=C1. The number of aromatic amines is 1. The number of halogens is 2. The van der Waals surface area contributed by atoms with Crippen molar-refractivity contribution in [3.8, 4) is 11.3 Å². The number of ether oxygens (including phenoxy) is 1. The smallest absolute Gasteiger partial charge is 0.135 e. The molecule has 5 N–H and O–H groups in total. The number of benzene rings is 2. The van der Waals surface area contributed by atoms with Crippen LogP contribution in [0.1, 0.15) is 5.56 Å². The number of hydrogen-bond acceptors (Lipinski definition) is 3. The molecule has 4 nitrogen and oxygen atoms in total. The maximum Gasteiger partial charge on any atom is 0.135 e. The quantitative estimate of drug-likeness (QED) is 0.661. The zero-order chi connectivity index (χ0) is 19.2. The van der Waals surface area contributed by atoms with E-state index in [1.54, 1.807) is 25.3 Å². The number of rotatable bonds is 3. The standard InChI is InChI=1S/C21H19F2N3O/c1-27-14-7-8-21(25,19(24)11-14)13-5-6-17-12(9-13)10-18(26-17)20-15(22)3-2-4-16(20)23/h2-11,19,26H,24-25H2,1H3. The second kappa shape index (κ2) is 6.33. The molecule has 1 aliphatic rings. The van der Waals surface area contributed by atoms with Gasteiger partial charge in [-0.3, -0.25) is 0 Å². The Labute approximate surface area is 155 Å². The lowest BCUT2D eigenvalue weighted by molar-refractivity contribution is 0.296. The predicted octanol–water partition coefficient (Wildman–Crippen LogP) is 3.69. The van der Waals surface area contributed by atoms with Crippen LogP contribution >= 0.6 is 0 Å². The van der Waals surface area contributed by atoms with Gasteiger partial charge in [0.15, 0.2) is 0 Å². The molecule has 2 aromatic carbocycles. The van der Waals surface area contributed by atoms with E-state index in [9.17, 15) is 8.78 Å². The zero-order valence-corrected chi connectivity index (χ0v) is 14.7. The Kier molecular flexibility index (Phi) is 4.09. The zero-order valence-electron chi connectivity index (χ0n) is 14.7. The maximum absolute atomic E-state index is 14.1. The van der Waals surface area contributed by atoms with Crippen molar-refractivity contribution in [3.63, 3.8) is 0 Å². The van der Waals surface area contributed by atoms with Crippen molar-refractivity contribution < 1.29 is 13.5 Å². The number of methoxy groups -OCH3 is 1. The summed E-state index contributed by atoms with van der Waals surface area (Å²) < 4.78 is 33.4. The molecule has 27 heavy (non-hydrogen) atoms. The Balaban J connectivity index is 1.78. The number of nitrogens with two attached hydrogens (primary N) is 2. The molecule has 1 aromatic heterocycles. The van der Waals surface area contributed by atoms with E-state index in [4.69, 9.17) is 16.2 Å². The summed E-state index contributed by atoms with van der Waals surface area (Å²) in [5.74, 6) is -0.582. The molecule has 1 heterocycles. The van der Waals surface area contributed by atoms with E-state index in [1.165, 1.54) is 18.2 Å². The van der Waals surface area contributed by atoms with Crippen LogP contribution in [0.15, 0.2) is 66.5 Å². The summed E-state index contributed by atoms with van der Waals surface area (Å²) in [6, 6.07) is 10.6. The normalized spacial score (nSPS) is 22.1. The molecule has 138 valence electrons. The Hall–Kier alpha value is -2.96. The average Bonchev–Trinajstić information content (AvgIpc) is 3.06. The predicted molar refractivity (Wildman–Crippen MR) is 102 cm³/mol. The van der Waals surface area contributed by atoms with Crippen LogP contribution in [0.4, 0.5) is 8.78 Å². The van der Waals surface area contributed by atoms with Crippen LogP contribution in [0.25, 0.3) is 22.2 Å². The molecule has 2 atom stereocenters. The summed E-state index contributed by atoms with van der Waals surface area (Å²) >= 11 is 0. The monoisotopic (exact) mass is 367 g/mol. The van der Waals surface area contributed by atoms with Gasteiger partial charge in [-0.2, -0.15) is 0 Å². The van der Waals surface area contributed by atoms with Gasteiger partial charge in [-0.15, -0.1) is 0 Å². The third-order valence-electron chi connectivity index (χ3n) is 5.01. The summed E-state index contributed by atoms with van der Waals surface area (Å²) in [5.41, 5.74) is 13.7. The number of fused-ring (bicyclic) bond motifs is 1. The summed E-state index contributed by atoms with van der Waals surface area (Å²) in [6.07, 6.45) is 5.36. The van der Waals surface area contributed by atoms with Gasteiger partial charge >= 0.3 is 0 Å². The topological polar surface area (TPSA) is 77.1 Å². The van der Waals surface area contributed by atoms with Crippen molar-refractivity contribution in [2.24, 2.45) is 11.5 Å². The third kappa shape index (κ3) is 2.83. The van der Waals surface area contributed by atoms with E-state index >= 15 is 0 Å². The first kappa shape index (κ1) is 17.5. The molecule has 0 spiro atoms. The van der Waals surface area contributed by atoms with Crippen molar-refractivity contribution in [1.82, 2.24) is 4.98 Å². The summed E-state index contributed by atoms with van der Waals surface area (Å²) in [7, 11) is 1.57. The van der Waals surface area contributed by atoms with Gasteiger partial charge in [0.2, 0.25) is 0 Å². The van der Waals surface area contributed by atoms with Gasteiger partial charge in [-0.25, -0.2) is 8.78 Å². The molecular formula is C21H19F2N3O. The van der Waals surface area contributed by atoms with Crippen molar-refractivity contribution >= 4 is 10.9 Å². The highest BCUT2D eigenvalue weighted by Gasteiger charge is 2.33. The van der Waals surface area contributed by atoms with Crippen LogP contribution in [0, 0.1) is 11.6 Å². The van der Waals surface area contributed by atoms with Crippen LogP contribution in [-0.2, 0) is 10.3 Å². The van der Waals surface area contributed by atoms with Crippen molar-refractivity contribution in [3.05, 3.63) is 83.6 Å². The van der Waals surface area contributed by atoms with Gasteiger partial charge in [-0.05, 0) is 48.0 Å². The van der Waals surface area contributed by atoms with E-state index < -0.39 is 23.2 Å². The number of H-pyrrole nitrogens is 1. The van der Waals surface area contributed by atoms with Crippen LogP contribution in [0.3, 0.4) is 0 Å². The third-order valence-corrected chi connectivity index (χ3v) is 5.01. The lowest BCUT2D eigenvalue weighted by Gasteiger charge is -2.34. The second-order valence-electron chi connectivity index (χ2n) is 6.65. The van der Waals surface area contributed by atoms with Gasteiger partial charge in [-0.1, -0.05) is 18.2 Å². The minimum Gasteiger partial charge on any atom is -0.497 e. The van der Waals surface area contributed by atoms with Crippen LogP contribution in [0.2, 0.25) is 0 Å². The summed E-state index contributed by atoms with van der Waals surface area (Å²) in [4.78, 5) is 3.06. The van der Waals surface area contributed by atoms with E-state index in [1.807, 2.05) is 24.3 Å². The molecule has 4 rings (SSSR count). The van der Waals surface area contributed by atoms with E-state index in [0.29, 0.717) is 11.5 Å². The van der Waals surface area contributed by atoms with E-state index in [-0.39, 0.29) is 5.56 Å². The molecule has 2 unspecified atom stereocenters. The lowest BCUT2D eigenvalue weighted by atomic mass is 9.80. The van der Waals surface area contributed by atoms with Crippen LogP contribution in [-0.4, -0.2) is 18.1 Å². The molecule has 0 aliphatic heterocycles. The largest absolute Gasteiger partial charge is 0.497 e.